The maximum atomic E-state index is 2.57. The molecule has 1 aromatic rings. The second-order valence-electron chi connectivity index (χ2n) is 5.78. The zero-order valence-corrected chi connectivity index (χ0v) is 14.4. The summed E-state index contributed by atoms with van der Waals surface area (Å²) in [5.74, 6) is 0. The van der Waals surface area contributed by atoms with E-state index in [1.807, 2.05) is 11.8 Å². The van der Waals surface area contributed by atoms with E-state index < -0.39 is 0 Å². The Morgan fingerprint density at radius 1 is 1.19 bits per heavy atom. The molecule has 0 radical (unpaired) electrons. The summed E-state index contributed by atoms with van der Waals surface area (Å²) in [6.45, 7) is 3.35. The second-order valence-corrected chi connectivity index (χ2v) is 7.00. The Hall–Kier alpha value is -0.900. The Morgan fingerprint density at radius 2 is 1.90 bits per heavy atom. The van der Waals surface area contributed by atoms with Crippen LogP contribution < -0.4 is 4.90 Å². The van der Waals surface area contributed by atoms with E-state index in [9.17, 15) is 0 Å². The molecule has 114 valence electrons. The first-order chi connectivity index (χ1) is 9.66. The molecule has 2 aliphatic rings. The van der Waals surface area contributed by atoms with Gasteiger partial charge in [-0.3, -0.25) is 0 Å². The molecule has 0 fully saturated rings. The number of nitrogens with zero attached hydrogens (tertiary/aromatic N) is 2. The predicted molar refractivity (Wildman–Crippen MR) is 95.9 cm³/mol. The summed E-state index contributed by atoms with van der Waals surface area (Å²) in [5, 5.41) is 0.532. The first-order valence-electron chi connectivity index (χ1n) is 7.20. The number of halogens is 1. The highest BCUT2D eigenvalue weighted by Gasteiger charge is 2.33. The van der Waals surface area contributed by atoms with Gasteiger partial charge in [0.05, 0.1) is 17.0 Å². The molecule has 0 aromatic heterocycles. The minimum Gasteiger partial charge on any atom is -0.361 e. The molecule has 0 N–H and O–H groups in total. The van der Waals surface area contributed by atoms with Crippen molar-refractivity contribution in [1.29, 1.82) is 0 Å². The van der Waals surface area contributed by atoms with Gasteiger partial charge in [0, 0.05) is 17.5 Å². The largest absolute Gasteiger partial charge is 0.361 e. The molecule has 1 aliphatic carbocycles. The lowest BCUT2D eigenvalue weighted by Crippen LogP contribution is -2.49. The number of anilines is 1. The summed E-state index contributed by atoms with van der Waals surface area (Å²) in [5.41, 5.74) is 1.38. The number of hydrogen-bond acceptors (Lipinski definition) is 3. The third kappa shape index (κ3) is 3.31. The van der Waals surface area contributed by atoms with Gasteiger partial charge in [-0.25, -0.2) is 0 Å². The van der Waals surface area contributed by atoms with Crippen molar-refractivity contribution in [3.63, 3.8) is 0 Å². The summed E-state index contributed by atoms with van der Waals surface area (Å²) >= 11 is 1.99. The number of rotatable bonds is 3. The third-order valence-electron chi connectivity index (χ3n) is 4.20. The molecule has 3 rings (SSSR count). The number of likely N-dealkylation sites (N-methyl/N-ethyl adjacent to an activating group) is 1. The molecular formula is C17H23ClN2S. The lowest BCUT2D eigenvalue weighted by Gasteiger charge is -2.43. The fraction of sp³-hybridized carbons (Fsp3) is 0.412. The predicted octanol–water partition coefficient (Wildman–Crippen LogP) is 3.83. The highest BCUT2D eigenvalue weighted by Crippen LogP contribution is 2.43. The van der Waals surface area contributed by atoms with E-state index in [2.05, 4.69) is 79.4 Å². The minimum atomic E-state index is 0. The molecule has 21 heavy (non-hydrogen) atoms. The van der Waals surface area contributed by atoms with E-state index in [-0.39, 0.29) is 12.4 Å². The van der Waals surface area contributed by atoms with E-state index in [0.29, 0.717) is 17.3 Å². The van der Waals surface area contributed by atoms with Crippen LogP contribution in [0.1, 0.15) is 6.92 Å². The molecule has 1 heterocycles. The van der Waals surface area contributed by atoms with Crippen molar-refractivity contribution in [3.05, 3.63) is 48.6 Å². The highest BCUT2D eigenvalue weighted by molar-refractivity contribution is 8.00. The smallest absolute Gasteiger partial charge is 0.0634 e. The maximum Gasteiger partial charge on any atom is 0.0634 e. The van der Waals surface area contributed by atoms with Gasteiger partial charge >= 0.3 is 0 Å². The standard InChI is InChI=1S/C17H22N2S.ClH/c1-13(18(2)3)12-19-14-8-4-6-10-16(14)20-17-11-7-5-9-15(17)19;/h4-11,13-14,16H,12H2,1-3H3;1H. The van der Waals surface area contributed by atoms with Crippen molar-refractivity contribution in [2.45, 2.75) is 29.2 Å². The molecule has 0 bridgehead atoms. The zero-order valence-electron chi connectivity index (χ0n) is 12.8. The van der Waals surface area contributed by atoms with Crippen molar-refractivity contribution in [2.75, 3.05) is 25.5 Å². The molecule has 4 heteroatoms. The molecule has 2 nitrogen and oxygen atoms in total. The van der Waals surface area contributed by atoms with Crippen molar-refractivity contribution < 1.29 is 0 Å². The average molecular weight is 323 g/mol. The molecule has 0 saturated carbocycles. The second kappa shape index (κ2) is 6.91. The summed E-state index contributed by atoms with van der Waals surface area (Å²) in [6.07, 6.45) is 9.03. The SMILES string of the molecule is CC(CN1c2ccccc2SC2C=CC=CC21)N(C)C.Cl. The van der Waals surface area contributed by atoms with Crippen LogP contribution in [-0.2, 0) is 0 Å². The van der Waals surface area contributed by atoms with Gasteiger partial charge in [0.15, 0.2) is 0 Å². The van der Waals surface area contributed by atoms with Gasteiger partial charge < -0.3 is 9.80 Å². The van der Waals surface area contributed by atoms with Gasteiger partial charge in [-0.05, 0) is 33.2 Å². The number of hydrogen-bond donors (Lipinski definition) is 0. The summed E-state index contributed by atoms with van der Waals surface area (Å²) in [4.78, 5) is 6.27. The average Bonchev–Trinajstić information content (AvgIpc) is 2.46. The van der Waals surface area contributed by atoms with Crippen molar-refractivity contribution in [1.82, 2.24) is 4.90 Å². The van der Waals surface area contributed by atoms with E-state index in [4.69, 9.17) is 0 Å². The monoisotopic (exact) mass is 322 g/mol. The lowest BCUT2D eigenvalue weighted by molar-refractivity contribution is 0.311. The molecule has 3 atom stereocenters. The molecule has 1 aromatic carbocycles. The van der Waals surface area contributed by atoms with Crippen LogP contribution in [0.5, 0.6) is 0 Å². The Kier molecular flexibility index (Phi) is 5.42. The number of fused-ring (bicyclic) bond motifs is 2. The zero-order chi connectivity index (χ0) is 14.1. The van der Waals surface area contributed by atoms with Crippen LogP contribution in [0.3, 0.4) is 0 Å². The van der Waals surface area contributed by atoms with Crippen molar-refractivity contribution in [2.24, 2.45) is 0 Å². The third-order valence-corrected chi connectivity index (χ3v) is 5.50. The summed E-state index contributed by atoms with van der Waals surface area (Å²) in [6, 6.07) is 9.80. The topological polar surface area (TPSA) is 6.48 Å². The number of para-hydroxylation sites is 1. The normalized spacial score (nSPS) is 24.3. The number of thioether (sulfide) groups is 1. The minimum absolute atomic E-state index is 0. The summed E-state index contributed by atoms with van der Waals surface area (Å²) < 4.78 is 0. The molecule has 0 amide bonds. The van der Waals surface area contributed by atoms with Gasteiger partial charge in [0.1, 0.15) is 0 Å². The molecule has 3 unspecified atom stereocenters. The van der Waals surface area contributed by atoms with Crippen LogP contribution in [0.2, 0.25) is 0 Å². The molecule has 0 saturated heterocycles. The van der Waals surface area contributed by atoms with Gasteiger partial charge in [-0.15, -0.1) is 24.2 Å². The van der Waals surface area contributed by atoms with E-state index in [0.717, 1.165) is 6.54 Å². The number of benzene rings is 1. The fourth-order valence-corrected chi connectivity index (χ4v) is 4.04. The van der Waals surface area contributed by atoms with Gasteiger partial charge in [-0.2, -0.15) is 0 Å². The van der Waals surface area contributed by atoms with Crippen LogP contribution in [0.25, 0.3) is 0 Å². The molecule has 1 aliphatic heterocycles. The van der Waals surface area contributed by atoms with Gasteiger partial charge in [0.25, 0.3) is 0 Å². The van der Waals surface area contributed by atoms with Crippen LogP contribution in [0, 0.1) is 0 Å². The summed E-state index contributed by atoms with van der Waals surface area (Å²) in [7, 11) is 4.31. The number of allylic oxidation sites excluding steroid dienone is 2. The van der Waals surface area contributed by atoms with Gasteiger partial charge in [0.2, 0.25) is 0 Å². The first-order valence-corrected chi connectivity index (χ1v) is 8.08. The van der Waals surface area contributed by atoms with Crippen molar-refractivity contribution in [3.8, 4) is 0 Å². The van der Waals surface area contributed by atoms with Crippen LogP contribution >= 0.6 is 24.2 Å². The van der Waals surface area contributed by atoms with Crippen LogP contribution in [-0.4, -0.2) is 42.9 Å². The van der Waals surface area contributed by atoms with E-state index in [1.54, 1.807) is 0 Å². The van der Waals surface area contributed by atoms with E-state index >= 15 is 0 Å². The lowest BCUT2D eigenvalue weighted by atomic mass is 10.0. The van der Waals surface area contributed by atoms with Crippen LogP contribution in [0.4, 0.5) is 5.69 Å². The van der Waals surface area contributed by atoms with E-state index in [1.165, 1.54) is 10.6 Å². The van der Waals surface area contributed by atoms with Crippen LogP contribution in [0.15, 0.2) is 53.5 Å². The Balaban J connectivity index is 0.00000161. The Morgan fingerprint density at radius 3 is 2.67 bits per heavy atom. The first kappa shape index (κ1) is 16.5. The molecule has 0 spiro atoms. The molecular weight excluding hydrogens is 300 g/mol. The quantitative estimate of drug-likeness (QED) is 0.835. The maximum absolute atomic E-state index is 2.57. The highest BCUT2D eigenvalue weighted by atomic mass is 35.5. The Labute approximate surface area is 138 Å². The Bertz CT molecular complexity index is 541. The van der Waals surface area contributed by atoms with Crippen molar-refractivity contribution >= 4 is 29.9 Å². The van der Waals surface area contributed by atoms with Gasteiger partial charge in [-0.1, -0.05) is 36.4 Å². The fourth-order valence-electron chi connectivity index (χ4n) is 2.73.